The molecule has 2 aliphatic heterocycles. The Hall–Kier alpha value is -2.31. The Labute approximate surface area is 371 Å². The predicted molar refractivity (Wildman–Crippen MR) is 238 cm³/mol. The molecule has 0 aromatic carbocycles. The molecule has 0 bridgehead atoms. The molecule has 0 aromatic heterocycles. The van der Waals surface area contributed by atoms with E-state index in [1.165, 1.54) is 38.5 Å². The van der Waals surface area contributed by atoms with Crippen molar-refractivity contribution in [2.75, 3.05) is 33.0 Å². The van der Waals surface area contributed by atoms with Crippen LogP contribution in [0.3, 0.4) is 0 Å². The van der Waals surface area contributed by atoms with Gasteiger partial charge in [-0.15, -0.1) is 0 Å². The summed E-state index contributed by atoms with van der Waals surface area (Å²) in [7, 11) is 0. The van der Waals surface area contributed by atoms with Crippen LogP contribution in [-0.2, 0) is 33.2 Å². The molecular formula is C48H82O14. The first kappa shape index (κ1) is 55.8. The molecule has 0 aromatic rings. The lowest BCUT2D eigenvalue weighted by atomic mass is 9.98. The van der Waals surface area contributed by atoms with E-state index in [1.54, 1.807) is 0 Å². The maximum absolute atomic E-state index is 12.9. The van der Waals surface area contributed by atoms with E-state index in [9.17, 15) is 40.5 Å². The monoisotopic (exact) mass is 883 g/mol. The second-order valence-corrected chi connectivity index (χ2v) is 16.2. The first-order valence-corrected chi connectivity index (χ1v) is 23.4. The van der Waals surface area contributed by atoms with Gasteiger partial charge in [0.25, 0.3) is 0 Å². The summed E-state index contributed by atoms with van der Waals surface area (Å²) in [5.41, 5.74) is 0. The summed E-state index contributed by atoms with van der Waals surface area (Å²) >= 11 is 0. The van der Waals surface area contributed by atoms with Gasteiger partial charge in [-0.05, 0) is 57.8 Å². The smallest absolute Gasteiger partial charge is 0.306 e. The fraction of sp³-hybridized carbons (Fsp3) is 0.771. The Morgan fingerprint density at radius 3 is 1.63 bits per heavy atom. The lowest BCUT2D eigenvalue weighted by Gasteiger charge is -2.42. The summed E-state index contributed by atoms with van der Waals surface area (Å²) in [6, 6.07) is 0. The van der Waals surface area contributed by atoms with Crippen LogP contribution >= 0.6 is 0 Å². The van der Waals surface area contributed by atoms with E-state index >= 15 is 0 Å². The van der Waals surface area contributed by atoms with Crippen molar-refractivity contribution in [1.82, 2.24) is 0 Å². The molecule has 2 aliphatic rings. The third-order valence-electron chi connectivity index (χ3n) is 10.8. The Morgan fingerprint density at radius 1 is 0.548 bits per heavy atom. The van der Waals surface area contributed by atoms with Crippen LogP contribution in [0.25, 0.3) is 0 Å². The molecule has 358 valence electrons. The molecule has 2 heterocycles. The van der Waals surface area contributed by atoms with Gasteiger partial charge in [-0.25, -0.2) is 0 Å². The molecule has 62 heavy (non-hydrogen) atoms. The third kappa shape index (κ3) is 24.1. The molecule has 2 rings (SSSR count). The van der Waals surface area contributed by atoms with E-state index in [0.29, 0.717) is 13.0 Å². The van der Waals surface area contributed by atoms with E-state index in [1.807, 2.05) is 0 Å². The number of carbonyl (C=O) groups is 1. The molecule has 0 aliphatic carbocycles. The molecule has 2 fully saturated rings. The highest BCUT2D eigenvalue weighted by atomic mass is 16.7. The number of hydrogen-bond donors (Lipinski definition) is 7. The normalized spacial score (nSPS) is 27.8. The molecule has 0 saturated carbocycles. The summed E-state index contributed by atoms with van der Waals surface area (Å²) in [5, 5.41) is 71.9. The van der Waals surface area contributed by atoms with Gasteiger partial charge in [0.2, 0.25) is 0 Å². The van der Waals surface area contributed by atoms with Gasteiger partial charge in [-0.3, -0.25) is 4.79 Å². The maximum atomic E-state index is 12.9. The number of ether oxygens (including phenoxy) is 6. The third-order valence-corrected chi connectivity index (χ3v) is 10.8. The number of allylic oxidation sites excluding steroid dienone is 10. The molecule has 14 nitrogen and oxygen atoms in total. The van der Waals surface area contributed by atoms with Gasteiger partial charge in [-0.2, -0.15) is 0 Å². The number of aliphatic hydroxyl groups is 7. The van der Waals surface area contributed by atoms with Crippen molar-refractivity contribution in [3.05, 3.63) is 60.8 Å². The first-order valence-electron chi connectivity index (χ1n) is 23.4. The van der Waals surface area contributed by atoms with E-state index in [2.05, 4.69) is 74.6 Å². The highest BCUT2D eigenvalue weighted by Gasteiger charge is 2.47. The second-order valence-electron chi connectivity index (χ2n) is 16.2. The highest BCUT2D eigenvalue weighted by Crippen LogP contribution is 2.26. The van der Waals surface area contributed by atoms with Crippen molar-refractivity contribution in [1.29, 1.82) is 0 Å². The summed E-state index contributed by atoms with van der Waals surface area (Å²) in [6.07, 6.45) is 24.4. The largest absolute Gasteiger partial charge is 0.457 e. The number of hydrogen-bond acceptors (Lipinski definition) is 14. The van der Waals surface area contributed by atoms with Crippen LogP contribution in [0.2, 0.25) is 0 Å². The highest BCUT2D eigenvalue weighted by molar-refractivity contribution is 5.69. The summed E-state index contributed by atoms with van der Waals surface area (Å²) in [5.74, 6) is -0.411. The molecule has 11 atom stereocenters. The van der Waals surface area contributed by atoms with Crippen molar-refractivity contribution >= 4 is 5.97 Å². The number of rotatable bonds is 35. The van der Waals surface area contributed by atoms with E-state index in [-0.39, 0.29) is 19.6 Å². The summed E-state index contributed by atoms with van der Waals surface area (Å²) in [6.45, 7) is 3.48. The zero-order chi connectivity index (χ0) is 45.2. The lowest BCUT2D eigenvalue weighted by Crippen LogP contribution is -2.61. The van der Waals surface area contributed by atoms with Crippen LogP contribution in [0.1, 0.15) is 136 Å². The van der Waals surface area contributed by atoms with Crippen molar-refractivity contribution < 1.29 is 69.0 Å². The average Bonchev–Trinajstić information content (AvgIpc) is 3.27. The number of carbonyl (C=O) groups excluding carboxylic acids is 1. The van der Waals surface area contributed by atoms with Crippen LogP contribution in [-0.4, -0.2) is 142 Å². The standard InChI is InChI=1S/C48H82O14/c1-3-5-7-9-11-13-14-15-16-17-18-19-20-21-22-23-25-27-29-31-40(50)60-37(34-57-32-30-28-26-24-12-10-8-6-4-2)35-58-47-46(56)44(54)42(52)39(62-47)36-59-48-45(55)43(53)41(51)38(33-49)61-48/h5,7,11,13,15-16,18-19,21-22,37-39,41-49,51-56H,3-4,6,8-10,12,14,17,20,23-36H2,1-2H3/b7-5-,13-11-,16-15-,19-18-,22-21-. The van der Waals surface area contributed by atoms with Crippen LogP contribution in [0, 0.1) is 0 Å². The number of aliphatic hydroxyl groups excluding tert-OH is 7. The number of esters is 1. The van der Waals surface area contributed by atoms with Crippen molar-refractivity contribution in [2.24, 2.45) is 0 Å². The van der Waals surface area contributed by atoms with Gasteiger partial charge < -0.3 is 64.2 Å². The Balaban J connectivity index is 1.80. The van der Waals surface area contributed by atoms with Crippen LogP contribution in [0.5, 0.6) is 0 Å². The Bertz CT molecular complexity index is 1250. The van der Waals surface area contributed by atoms with Crippen LogP contribution < -0.4 is 0 Å². The van der Waals surface area contributed by atoms with Gasteiger partial charge in [0, 0.05) is 13.0 Å². The fourth-order valence-corrected chi connectivity index (χ4v) is 6.96. The average molecular weight is 883 g/mol. The first-order chi connectivity index (χ1) is 30.1. The van der Waals surface area contributed by atoms with Gasteiger partial charge in [0.15, 0.2) is 12.6 Å². The van der Waals surface area contributed by atoms with Crippen molar-refractivity contribution in [3.8, 4) is 0 Å². The molecule has 0 amide bonds. The van der Waals surface area contributed by atoms with E-state index in [0.717, 1.165) is 70.6 Å². The summed E-state index contributed by atoms with van der Waals surface area (Å²) < 4.78 is 34.1. The molecular weight excluding hydrogens is 801 g/mol. The van der Waals surface area contributed by atoms with Gasteiger partial charge in [0.1, 0.15) is 54.9 Å². The molecule has 7 N–H and O–H groups in total. The molecule has 0 radical (unpaired) electrons. The van der Waals surface area contributed by atoms with E-state index < -0.39 is 86.7 Å². The topological polar surface area (TPSA) is 214 Å². The minimum atomic E-state index is -1.71. The van der Waals surface area contributed by atoms with Gasteiger partial charge in [-0.1, -0.05) is 132 Å². The van der Waals surface area contributed by atoms with Crippen molar-refractivity contribution in [2.45, 2.75) is 203 Å². The van der Waals surface area contributed by atoms with E-state index in [4.69, 9.17) is 28.4 Å². The minimum absolute atomic E-state index is 0.0461. The summed E-state index contributed by atoms with van der Waals surface area (Å²) in [4.78, 5) is 12.9. The van der Waals surface area contributed by atoms with Gasteiger partial charge in [0.05, 0.1) is 26.4 Å². The Kier molecular flexibility index (Phi) is 32.4. The molecule has 14 heteroatoms. The quantitative estimate of drug-likeness (QED) is 0.0228. The van der Waals surface area contributed by atoms with Crippen molar-refractivity contribution in [3.63, 3.8) is 0 Å². The fourth-order valence-electron chi connectivity index (χ4n) is 6.96. The minimum Gasteiger partial charge on any atom is -0.457 e. The lowest BCUT2D eigenvalue weighted by molar-refractivity contribution is -0.332. The Morgan fingerprint density at radius 2 is 1.05 bits per heavy atom. The van der Waals surface area contributed by atoms with Crippen LogP contribution in [0.15, 0.2) is 60.8 Å². The SMILES string of the molecule is CC/C=C\C/C=C\C/C=C\C/C=C\C/C=C\CCCCCC(=O)OC(COCCCCCCCCCCC)COC1OC(COC2OC(CO)C(O)C(O)C2O)C(O)C(O)C1O. The predicted octanol–water partition coefficient (Wildman–Crippen LogP) is 5.79. The molecule has 2 saturated heterocycles. The zero-order valence-electron chi connectivity index (χ0n) is 37.6. The number of unbranched alkanes of at least 4 members (excludes halogenated alkanes) is 11. The maximum Gasteiger partial charge on any atom is 0.306 e. The zero-order valence-corrected chi connectivity index (χ0v) is 37.6. The second kappa shape index (κ2) is 36.0. The van der Waals surface area contributed by atoms with Crippen LogP contribution in [0.4, 0.5) is 0 Å². The molecule has 0 spiro atoms. The molecule has 11 unspecified atom stereocenters. The van der Waals surface area contributed by atoms with Gasteiger partial charge >= 0.3 is 5.97 Å².